The summed E-state index contributed by atoms with van der Waals surface area (Å²) in [6, 6.07) is 9.37. The highest BCUT2D eigenvalue weighted by molar-refractivity contribution is 5.85. The van der Waals surface area contributed by atoms with E-state index < -0.39 is 47.1 Å². The fraction of sp³-hybridized carbons (Fsp3) is 0.455. The number of carbonyl (C=O) groups excluding carboxylic acids is 3. The monoisotopic (exact) mass is 668 g/mol. The number of halogens is 1. The van der Waals surface area contributed by atoms with E-state index in [0.29, 0.717) is 43.0 Å². The topological polar surface area (TPSA) is 176 Å². The van der Waals surface area contributed by atoms with Gasteiger partial charge in [-0.3, -0.25) is 15.0 Å². The lowest BCUT2D eigenvalue weighted by Crippen LogP contribution is -2.53. The molecule has 14 nitrogen and oxygen atoms in total. The number of ether oxygens (including phenoxy) is 2. The molecule has 0 bridgehead atoms. The number of benzene rings is 2. The number of carbonyl (C=O) groups is 4. The maximum Gasteiger partial charge on any atom is 0.412 e. The lowest BCUT2D eigenvalue weighted by Gasteiger charge is -2.35. The molecule has 258 valence electrons. The van der Waals surface area contributed by atoms with Crippen molar-refractivity contribution in [3.05, 3.63) is 53.8 Å². The number of aliphatic carboxylic acids is 1. The van der Waals surface area contributed by atoms with E-state index in [1.807, 2.05) is 4.90 Å². The van der Waals surface area contributed by atoms with Gasteiger partial charge in [-0.05, 0) is 83.5 Å². The van der Waals surface area contributed by atoms with Gasteiger partial charge < -0.3 is 29.3 Å². The molecule has 3 N–H and O–H groups in total. The van der Waals surface area contributed by atoms with E-state index in [-0.39, 0.29) is 30.2 Å². The Hall–Kier alpha value is -5.05. The molecule has 1 fully saturated rings. The molecular formula is C33H41FN6O8. The minimum Gasteiger partial charge on any atom is -0.480 e. The van der Waals surface area contributed by atoms with Crippen molar-refractivity contribution in [2.45, 2.75) is 65.2 Å². The largest absolute Gasteiger partial charge is 0.480 e. The van der Waals surface area contributed by atoms with Gasteiger partial charge in [-0.1, -0.05) is 11.2 Å². The molecule has 1 atom stereocenters. The summed E-state index contributed by atoms with van der Waals surface area (Å²) < 4.78 is 31.1. The standard InChI is InChI=1S/C33H41FN6O8/c1-32(2,3)46-30(44)35-22-10-8-21(9-11-22)28-37-27(38-48-28)23-12-7-20(17-24(23)34)18-25(29(42)43)36-26(41)19-39-13-15-40(16-14-39)31(45)47-33(4,5)6/h7-12,17,25H,13-16,18-19H2,1-6H3,(H,35,44)(H,36,41)(H,42,43). The Morgan fingerprint density at radius 1 is 0.958 bits per heavy atom. The number of carboxylic acid groups (broad SMARTS) is 1. The zero-order chi connectivity index (χ0) is 35.2. The molecule has 15 heteroatoms. The Morgan fingerprint density at radius 2 is 1.60 bits per heavy atom. The van der Waals surface area contributed by atoms with E-state index >= 15 is 4.39 Å². The maximum absolute atomic E-state index is 15.2. The highest BCUT2D eigenvalue weighted by Gasteiger charge is 2.28. The summed E-state index contributed by atoms with van der Waals surface area (Å²) >= 11 is 0. The third-order valence-electron chi connectivity index (χ3n) is 6.94. The van der Waals surface area contributed by atoms with Crippen LogP contribution in [0.15, 0.2) is 47.0 Å². The molecule has 0 aliphatic carbocycles. The van der Waals surface area contributed by atoms with E-state index in [1.165, 1.54) is 18.2 Å². The molecule has 1 unspecified atom stereocenters. The minimum absolute atomic E-state index is 0.0140. The van der Waals surface area contributed by atoms with Crippen molar-refractivity contribution in [1.29, 1.82) is 0 Å². The maximum atomic E-state index is 15.2. The summed E-state index contributed by atoms with van der Waals surface area (Å²) in [5.41, 5.74) is 0.147. The van der Waals surface area contributed by atoms with Crippen molar-refractivity contribution < 1.29 is 42.7 Å². The predicted octanol–water partition coefficient (Wildman–Crippen LogP) is 4.55. The van der Waals surface area contributed by atoms with Gasteiger partial charge in [0.05, 0.1) is 12.1 Å². The van der Waals surface area contributed by atoms with Gasteiger partial charge in [0.2, 0.25) is 11.7 Å². The third kappa shape index (κ3) is 10.5. The molecule has 48 heavy (non-hydrogen) atoms. The number of piperazine rings is 1. The highest BCUT2D eigenvalue weighted by Crippen LogP contribution is 2.26. The van der Waals surface area contributed by atoms with E-state index in [2.05, 4.69) is 20.8 Å². The van der Waals surface area contributed by atoms with Crippen LogP contribution in [0.1, 0.15) is 47.1 Å². The SMILES string of the molecule is CC(C)(C)OC(=O)Nc1ccc(-c2nc(-c3ccc(CC(NC(=O)CN4CCN(C(=O)OC(C)(C)C)CC4)C(=O)O)cc3F)no2)cc1. The number of carboxylic acids is 1. The Labute approximate surface area is 277 Å². The van der Waals surface area contributed by atoms with E-state index in [0.717, 1.165) is 0 Å². The minimum atomic E-state index is -1.30. The first-order valence-electron chi connectivity index (χ1n) is 15.4. The van der Waals surface area contributed by atoms with Gasteiger partial charge in [0, 0.05) is 43.9 Å². The smallest absolute Gasteiger partial charge is 0.412 e. The molecule has 1 aliphatic rings. The van der Waals surface area contributed by atoms with Crippen molar-refractivity contribution in [3.63, 3.8) is 0 Å². The molecule has 3 amide bonds. The van der Waals surface area contributed by atoms with Crippen molar-refractivity contribution in [3.8, 4) is 22.8 Å². The zero-order valence-corrected chi connectivity index (χ0v) is 27.8. The summed E-state index contributed by atoms with van der Waals surface area (Å²) in [6.07, 6.45) is -1.18. The highest BCUT2D eigenvalue weighted by atomic mass is 19.1. The van der Waals surface area contributed by atoms with Crippen LogP contribution in [0.5, 0.6) is 0 Å². The normalized spacial score (nSPS) is 14.6. The quantitative estimate of drug-likeness (QED) is 0.292. The summed E-state index contributed by atoms with van der Waals surface area (Å²) in [5, 5.41) is 18.8. The van der Waals surface area contributed by atoms with Crippen molar-refractivity contribution in [2.24, 2.45) is 0 Å². The molecule has 4 rings (SSSR count). The van der Waals surface area contributed by atoms with E-state index in [9.17, 15) is 24.3 Å². The fourth-order valence-corrected chi connectivity index (χ4v) is 4.73. The number of aromatic nitrogens is 2. The first kappa shape index (κ1) is 35.8. The number of anilines is 1. The second-order valence-corrected chi connectivity index (χ2v) is 13.3. The van der Waals surface area contributed by atoms with Gasteiger partial charge in [0.15, 0.2) is 0 Å². The van der Waals surface area contributed by atoms with Crippen LogP contribution in [-0.2, 0) is 25.5 Å². The molecule has 2 heterocycles. The van der Waals surface area contributed by atoms with Gasteiger partial charge in [-0.15, -0.1) is 0 Å². The van der Waals surface area contributed by atoms with Crippen LogP contribution in [0.4, 0.5) is 19.7 Å². The lowest BCUT2D eigenvalue weighted by atomic mass is 10.0. The second-order valence-electron chi connectivity index (χ2n) is 13.3. The van der Waals surface area contributed by atoms with Crippen molar-refractivity contribution in [1.82, 2.24) is 25.3 Å². The van der Waals surface area contributed by atoms with Crippen LogP contribution >= 0.6 is 0 Å². The van der Waals surface area contributed by atoms with Crippen LogP contribution in [-0.4, -0.2) is 99.1 Å². The Kier molecular flexibility index (Phi) is 11.0. The summed E-state index contributed by atoms with van der Waals surface area (Å²) in [6.45, 7) is 12.2. The van der Waals surface area contributed by atoms with Crippen LogP contribution in [0, 0.1) is 5.82 Å². The zero-order valence-electron chi connectivity index (χ0n) is 27.8. The van der Waals surface area contributed by atoms with Gasteiger partial charge in [-0.2, -0.15) is 4.98 Å². The van der Waals surface area contributed by atoms with E-state index in [4.69, 9.17) is 14.0 Å². The molecule has 3 aromatic rings. The average Bonchev–Trinajstić information content (AvgIpc) is 3.46. The van der Waals surface area contributed by atoms with Crippen LogP contribution in [0.2, 0.25) is 0 Å². The Balaban J connectivity index is 1.32. The van der Waals surface area contributed by atoms with Crippen LogP contribution in [0.25, 0.3) is 22.8 Å². The van der Waals surface area contributed by atoms with Crippen LogP contribution in [0.3, 0.4) is 0 Å². The Bertz CT molecular complexity index is 1620. The van der Waals surface area contributed by atoms with Crippen molar-refractivity contribution >= 4 is 29.8 Å². The molecule has 0 saturated carbocycles. The number of nitrogens with one attached hydrogen (secondary N) is 2. The van der Waals surface area contributed by atoms with Crippen LogP contribution < -0.4 is 10.6 Å². The lowest BCUT2D eigenvalue weighted by molar-refractivity contribution is -0.142. The van der Waals surface area contributed by atoms with E-state index in [1.54, 1.807) is 70.7 Å². The summed E-state index contributed by atoms with van der Waals surface area (Å²) in [4.78, 5) is 56.6. The Morgan fingerprint density at radius 3 is 2.19 bits per heavy atom. The number of hydrogen-bond donors (Lipinski definition) is 3. The third-order valence-corrected chi connectivity index (χ3v) is 6.94. The second kappa shape index (κ2) is 14.8. The fourth-order valence-electron chi connectivity index (χ4n) is 4.73. The van der Waals surface area contributed by atoms with Gasteiger partial charge in [0.1, 0.15) is 23.1 Å². The van der Waals surface area contributed by atoms with Crippen molar-refractivity contribution in [2.75, 3.05) is 38.0 Å². The summed E-state index contributed by atoms with van der Waals surface area (Å²) in [5.74, 6) is -2.36. The first-order valence-corrected chi connectivity index (χ1v) is 15.4. The molecule has 1 aromatic heterocycles. The molecule has 1 aliphatic heterocycles. The molecule has 2 aromatic carbocycles. The first-order chi connectivity index (χ1) is 22.5. The number of rotatable bonds is 9. The average molecular weight is 669 g/mol. The molecule has 1 saturated heterocycles. The molecular weight excluding hydrogens is 627 g/mol. The predicted molar refractivity (Wildman–Crippen MR) is 173 cm³/mol. The number of amides is 3. The van der Waals surface area contributed by atoms with Gasteiger partial charge >= 0.3 is 18.2 Å². The van der Waals surface area contributed by atoms with Gasteiger partial charge in [-0.25, -0.2) is 18.8 Å². The molecule has 0 spiro atoms. The summed E-state index contributed by atoms with van der Waals surface area (Å²) in [7, 11) is 0. The number of nitrogens with zero attached hydrogens (tertiary/aromatic N) is 4. The number of hydrogen-bond acceptors (Lipinski definition) is 10. The van der Waals surface area contributed by atoms with Gasteiger partial charge in [0.25, 0.3) is 5.89 Å². The molecule has 0 radical (unpaired) electrons.